The van der Waals surface area contributed by atoms with Crippen LogP contribution < -0.4 is 10.9 Å². The summed E-state index contributed by atoms with van der Waals surface area (Å²) in [6.07, 6.45) is 4.09. The van der Waals surface area contributed by atoms with Gasteiger partial charge in [0.15, 0.2) is 5.82 Å². The van der Waals surface area contributed by atoms with E-state index in [0.29, 0.717) is 17.4 Å². The van der Waals surface area contributed by atoms with Crippen molar-refractivity contribution in [3.8, 4) is 5.69 Å². The first kappa shape index (κ1) is 15.3. The number of hydrogen-bond donors (Lipinski definition) is 1. The van der Waals surface area contributed by atoms with Crippen LogP contribution in [0.2, 0.25) is 5.02 Å². The van der Waals surface area contributed by atoms with Crippen LogP contribution in [0, 0.1) is 0 Å². The summed E-state index contributed by atoms with van der Waals surface area (Å²) in [5.41, 5.74) is 1.80. The monoisotopic (exact) mass is 325 g/mol. The van der Waals surface area contributed by atoms with Gasteiger partial charge in [-0.05, 0) is 36.2 Å². The van der Waals surface area contributed by atoms with Gasteiger partial charge in [0.2, 0.25) is 0 Å². The Morgan fingerprint density at radius 2 is 1.78 bits per heavy atom. The fourth-order valence-corrected chi connectivity index (χ4v) is 2.43. The van der Waals surface area contributed by atoms with Crippen LogP contribution in [-0.2, 0) is 6.42 Å². The molecule has 0 aliphatic carbocycles. The van der Waals surface area contributed by atoms with E-state index in [1.807, 2.05) is 18.2 Å². The largest absolute Gasteiger partial charge is 0.365 e. The van der Waals surface area contributed by atoms with Crippen molar-refractivity contribution in [1.82, 2.24) is 9.55 Å². The van der Waals surface area contributed by atoms with Crippen molar-refractivity contribution in [2.45, 2.75) is 6.42 Å². The smallest absolute Gasteiger partial charge is 0.297 e. The van der Waals surface area contributed by atoms with Crippen LogP contribution in [0.3, 0.4) is 0 Å². The van der Waals surface area contributed by atoms with Crippen LogP contribution in [0.1, 0.15) is 5.56 Å². The molecule has 0 fully saturated rings. The minimum Gasteiger partial charge on any atom is -0.365 e. The van der Waals surface area contributed by atoms with E-state index in [9.17, 15) is 4.79 Å². The maximum Gasteiger partial charge on any atom is 0.297 e. The van der Waals surface area contributed by atoms with E-state index in [0.717, 1.165) is 12.1 Å². The second-order valence-electron chi connectivity index (χ2n) is 5.09. The zero-order valence-corrected chi connectivity index (χ0v) is 13.2. The Labute approximate surface area is 139 Å². The van der Waals surface area contributed by atoms with E-state index in [1.54, 1.807) is 41.2 Å². The van der Waals surface area contributed by atoms with Crippen LogP contribution in [0.4, 0.5) is 5.82 Å². The summed E-state index contributed by atoms with van der Waals surface area (Å²) in [6, 6.07) is 17.2. The Balaban J connectivity index is 1.75. The molecule has 1 aromatic heterocycles. The molecule has 2 aromatic carbocycles. The first-order valence-corrected chi connectivity index (χ1v) is 7.73. The molecule has 3 rings (SSSR count). The lowest BCUT2D eigenvalue weighted by Crippen LogP contribution is -2.23. The number of hydrogen-bond acceptors (Lipinski definition) is 3. The fraction of sp³-hybridized carbons (Fsp3) is 0.111. The highest BCUT2D eigenvalue weighted by molar-refractivity contribution is 6.30. The molecule has 0 amide bonds. The summed E-state index contributed by atoms with van der Waals surface area (Å²) in [5, 5.41) is 3.75. The molecule has 0 saturated heterocycles. The molecule has 116 valence electrons. The molecule has 1 N–H and O–H groups in total. The molecule has 0 bridgehead atoms. The minimum absolute atomic E-state index is 0.178. The molecule has 3 aromatic rings. The third kappa shape index (κ3) is 3.79. The Morgan fingerprint density at radius 1 is 1.04 bits per heavy atom. The molecule has 0 radical (unpaired) electrons. The van der Waals surface area contributed by atoms with Crippen molar-refractivity contribution in [2.24, 2.45) is 0 Å². The Bertz CT molecular complexity index is 829. The molecule has 0 spiro atoms. The number of nitrogens with one attached hydrogen (secondary N) is 1. The first-order chi connectivity index (χ1) is 11.2. The third-order valence-corrected chi connectivity index (χ3v) is 3.75. The van der Waals surface area contributed by atoms with Gasteiger partial charge < -0.3 is 5.32 Å². The number of nitrogens with zero attached hydrogens (tertiary/aromatic N) is 2. The summed E-state index contributed by atoms with van der Waals surface area (Å²) < 4.78 is 1.55. The maximum absolute atomic E-state index is 12.5. The van der Waals surface area contributed by atoms with Crippen LogP contribution in [0.25, 0.3) is 5.69 Å². The van der Waals surface area contributed by atoms with Crippen LogP contribution in [0.15, 0.2) is 71.8 Å². The van der Waals surface area contributed by atoms with Gasteiger partial charge >= 0.3 is 0 Å². The van der Waals surface area contributed by atoms with Gasteiger partial charge in [0.25, 0.3) is 5.56 Å². The van der Waals surface area contributed by atoms with Crippen LogP contribution >= 0.6 is 11.6 Å². The molecule has 0 aliphatic rings. The quantitative estimate of drug-likeness (QED) is 0.780. The van der Waals surface area contributed by atoms with Crippen molar-refractivity contribution in [1.29, 1.82) is 0 Å². The minimum atomic E-state index is -0.178. The van der Waals surface area contributed by atoms with Gasteiger partial charge in [0.1, 0.15) is 0 Å². The Kier molecular flexibility index (Phi) is 4.74. The highest BCUT2D eigenvalue weighted by Gasteiger charge is 2.06. The van der Waals surface area contributed by atoms with Gasteiger partial charge in [0.05, 0.1) is 0 Å². The van der Waals surface area contributed by atoms with Crippen molar-refractivity contribution < 1.29 is 0 Å². The number of anilines is 1. The van der Waals surface area contributed by atoms with Crippen molar-refractivity contribution in [2.75, 3.05) is 11.9 Å². The fourth-order valence-electron chi connectivity index (χ4n) is 2.31. The van der Waals surface area contributed by atoms with Crippen molar-refractivity contribution in [3.05, 3.63) is 87.9 Å². The molecule has 4 nitrogen and oxygen atoms in total. The highest BCUT2D eigenvalue weighted by Crippen LogP contribution is 2.12. The predicted octanol–water partition coefficient (Wildman–Crippen LogP) is 3.54. The van der Waals surface area contributed by atoms with Crippen molar-refractivity contribution in [3.63, 3.8) is 0 Å². The molecule has 0 saturated carbocycles. The second-order valence-corrected chi connectivity index (χ2v) is 5.53. The van der Waals surface area contributed by atoms with Gasteiger partial charge in [-0.3, -0.25) is 9.36 Å². The first-order valence-electron chi connectivity index (χ1n) is 7.35. The summed E-state index contributed by atoms with van der Waals surface area (Å²) in [4.78, 5) is 16.6. The molecule has 0 aliphatic heterocycles. The molecular formula is C18H16ClN3O. The molecule has 1 heterocycles. The van der Waals surface area contributed by atoms with E-state index in [1.165, 1.54) is 5.56 Å². The zero-order valence-electron chi connectivity index (χ0n) is 12.4. The van der Waals surface area contributed by atoms with E-state index in [-0.39, 0.29) is 5.56 Å². The topological polar surface area (TPSA) is 46.9 Å². The average molecular weight is 326 g/mol. The second kappa shape index (κ2) is 7.11. The van der Waals surface area contributed by atoms with E-state index >= 15 is 0 Å². The van der Waals surface area contributed by atoms with Crippen LogP contribution in [0.5, 0.6) is 0 Å². The SMILES string of the molecule is O=c1c(NCCc2ccccc2)nccn1-c1ccc(Cl)cc1. The zero-order chi connectivity index (χ0) is 16.1. The summed E-state index contributed by atoms with van der Waals surface area (Å²) in [5.74, 6) is 0.346. The predicted molar refractivity (Wildman–Crippen MR) is 93.5 cm³/mol. The van der Waals surface area contributed by atoms with E-state index in [2.05, 4.69) is 22.4 Å². The highest BCUT2D eigenvalue weighted by atomic mass is 35.5. The normalized spacial score (nSPS) is 10.5. The third-order valence-electron chi connectivity index (χ3n) is 3.49. The molecule has 5 heteroatoms. The van der Waals surface area contributed by atoms with E-state index in [4.69, 9.17) is 11.6 Å². The molecule has 0 unspecified atom stereocenters. The number of benzene rings is 2. The maximum atomic E-state index is 12.5. The lowest BCUT2D eigenvalue weighted by Gasteiger charge is -2.09. The lowest BCUT2D eigenvalue weighted by molar-refractivity contribution is 0.932. The molecule has 23 heavy (non-hydrogen) atoms. The van der Waals surface area contributed by atoms with Gasteiger partial charge in [-0.1, -0.05) is 41.9 Å². The van der Waals surface area contributed by atoms with Gasteiger partial charge in [-0.25, -0.2) is 4.98 Å². The number of halogens is 1. The van der Waals surface area contributed by atoms with Crippen molar-refractivity contribution >= 4 is 17.4 Å². The summed E-state index contributed by atoms with van der Waals surface area (Å²) in [7, 11) is 0. The lowest BCUT2D eigenvalue weighted by atomic mass is 10.1. The Hall–Kier alpha value is -2.59. The number of aromatic nitrogens is 2. The van der Waals surface area contributed by atoms with Gasteiger partial charge in [0, 0.05) is 29.6 Å². The average Bonchev–Trinajstić information content (AvgIpc) is 2.58. The molecular weight excluding hydrogens is 310 g/mol. The summed E-state index contributed by atoms with van der Waals surface area (Å²) >= 11 is 5.88. The molecule has 0 atom stereocenters. The Morgan fingerprint density at radius 3 is 2.52 bits per heavy atom. The van der Waals surface area contributed by atoms with E-state index < -0.39 is 0 Å². The van der Waals surface area contributed by atoms with Gasteiger partial charge in [-0.2, -0.15) is 0 Å². The standard InChI is InChI=1S/C18H16ClN3O/c19-15-6-8-16(9-7-15)22-13-12-21-17(18(22)23)20-11-10-14-4-2-1-3-5-14/h1-9,12-13H,10-11H2,(H,20,21). The van der Waals surface area contributed by atoms with Crippen LogP contribution in [-0.4, -0.2) is 16.1 Å². The summed E-state index contributed by atoms with van der Waals surface area (Å²) in [6.45, 7) is 0.650. The number of rotatable bonds is 5. The van der Waals surface area contributed by atoms with Gasteiger partial charge in [-0.15, -0.1) is 0 Å².